The van der Waals surface area contributed by atoms with E-state index in [4.69, 9.17) is 9.47 Å². The predicted octanol–water partition coefficient (Wildman–Crippen LogP) is 5.40. The normalized spacial score (nSPS) is 12.3. The van der Waals surface area contributed by atoms with Gasteiger partial charge in [0.2, 0.25) is 5.91 Å². The zero-order chi connectivity index (χ0) is 22.1. The molecule has 0 aliphatic heterocycles. The van der Waals surface area contributed by atoms with Crippen LogP contribution in [0.1, 0.15) is 37.8 Å². The van der Waals surface area contributed by atoms with Gasteiger partial charge < -0.3 is 14.4 Å². The molecule has 7 heteroatoms. The molecule has 2 aromatic carbocycles. The fourth-order valence-electron chi connectivity index (χ4n) is 3.03. The number of rotatable bonds is 10. The third-order valence-electron chi connectivity index (χ3n) is 4.89. The highest BCUT2D eigenvalue weighted by molar-refractivity contribution is 5.76. The van der Waals surface area contributed by atoms with E-state index in [1.807, 2.05) is 49.1 Å². The standard InChI is InChI=1S/C23H28F3NO3/c1-4-17(2)27(15-19-8-6-5-7-9-19)22(28)13-11-18-10-12-20(21(14-18)29-3)30-16-23(24,25)26/h5-10,12,14,17H,4,11,13,15-16H2,1-3H3. The van der Waals surface area contributed by atoms with Crippen LogP contribution in [0.15, 0.2) is 48.5 Å². The molecule has 1 unspecified atom stereocenters. The zero-order valence-electron chi connectivity index (χ0n) is 17.5. The maximum Gasteiger partial charge on any atom is 0.422 e. The molecule has 1 amide bonds. The Bertz CT molecular complexity index is 809. The minimum absolute atomic E-state index is 0.0233. The van der Waals surface area contributed by atoms with Crippen LogP contribution in [0, 0.1) is 0 Å². The Morgan fingerprint density at radius 2 is 1.77 bits per heavy atom. The summed E-state index contributed by atoms with van der Waals surface area (Å²) in [6.07, 6.45) is -2.83. The lowest BCUT2D eigenvalue weighted by atomic mass is 10.1. The monoisotopic (exact) mass is 423 g/mol. The maximum atomic E-state index is 12.9. The van der Waals surface area contributed by atoms with Crippen LogP contribution in [0.4, 0.5) is 13.2 Å². The van der Waals surface area contributed by atoms with Crippen LogP contribution >= 0.6 is 0 Å². The molecule has 1 atom stereocenters. The highest BCUT2D eigenvalue weighted by atomic mass is 19.4. The minimum Gasteiger partial charge on any atom is -0.493 e. The minimum atomic E-state index is -4.42. The smallest absolute Gasteiger partial charge is 0.422 e. The van der Waals surface area contributed by atoms with Crippen molar-refractivity contribution >= 4 is 5.91 Å². The lowest BCUT2D eigenvalue weighted by molar-refractivity contribution is -0.153. The molecular formula is C23H28F3NO3. The second-order valence-corrected chi connectivity index (χ2v) is 7.15. The molecular weight excluding hydrogens is 395 g/mol. The van der Waals surface area contributed by atoms with Crippen LogP contribution in [0.2, 0.25) is 0 Å². The zero-order valence-corrected chi connectivity index (χ0v) is 17.5. The quantitative estimate of drug-likeness (QED) is 0.514. The van der Waals surface area contributed by atoms with Crippen molar-refractivity contribution < 1.29 is 27.4 Å². The molecule has 0 aliphatic rings. The molecule has 0 N–H and O–H groups in total. The van der Waals surface area contributed by atoms with Gasteiger partial charge in [-0.3, -0.25) is 4.79 Å². The van der Waals surface area contributed by atoms with Gasteiger partial charge in [0.15, 0.2) is 18.1 Å². The number of carbonyl (C=O) groups is 1. The average Bonchev–Trinajstić information content (AvgIpc) is 2.74. The summed E-state index contributed by atoms with van der Waals surface area (Å²) in [5.74, 6) is 0.270. The number of alkyl halides is 3. The number of amides is 1. The van der Waals surface area contributed by atoms with Crippen LogP contribution in [0.3, 0.4) is 0 Å². The molecule has 4 nitrogen and oxygen atoms in total. The van der Waals surface area contributed by atoms with Gasteiger partial charge in [-0.25, -0.2) is 0 Å². The number of methoxy groups -OCH3 is 1. The Labute approximate surface area is 175 Å². The van der Waals surface area contributed by atoms with E-state index < -0.39 is 12.8 Å². The lowest BCUT2D eigenvalue weighted by Gasteiger charge is -2.29. The Kier molecular flexibility index (Phi) is 8.57. The molecule has 0 heterocycles. The van der Waals surface area contributed by atoms with Gasteiger partial charge in [-0.1, -0.05) is 43.3 Å². The van der Waals surface area contributed by atoms with Gasteiger partial charge >= 0.3 is 6.18 Å². The second kappa shape index (κ2) is 10.9. The summed E-state index contributed by atoms with van der Waals surface area (Å²) in [6, 6.07) is 14.6. The molecule has 0 aromatic heterocycles. The van der Waals surface area contributed by atoms with E-state index in [1.165, 1.54) is 13.2 Å². The van der Waals surface area contributed by atoms with Crippen LogP contribution < -0.4 is 9.47 Å². The van der Waals surface area contributed by atoms with Crippen molar-refractivity contribution in [2.45, 2.75) is 51.9 Å². The van der Waals surface area contributed by atoms with Crippen molar-refractivity contribution in [1.29, 1.82) is 0 Å². The molecule has 164 valence electrons. The Morgan fingerprint density at radius 1 is 1.07 bits per heavy atom. The summed E-state index contributed by atoms with van der Waals surface area (Å²) in [5, 5.41) is 0. The first kappa shape index (κ1) is 23.6. The first-order valence-electron chi connectivity index (χ1n) is 9.93. The number of benzene rings is 2. The van der Waals surface area contributed by atoms with Crippen molar-refractivity contribution in [3.8, 4) is 11.5 Å². The molecule has 0 spiro atoms. The van der Waals surface area contributed by atoms with Gasteiger partial charge in [-0.15, -0.1) is 0 Å². The van der Waals surface area contributed by atoms with Gasteiger partial charge in [0.25, 0.3) is 0 Å². The van der Waals surface area contributed by atoms with E-state index in [-0.39, 0.29) is 23.4 Å². The van der Waals surface area contributed by atoms with Gasteiger partial charge in [0, 0.05) is 19.0 Å². The maximum absolute atomic E-state index is 12.9. The Hall–Kier alpha value is -2.70. The predicted molar refractivity (Wildman–Crippen MR) is 110 cm³/mol. The number of halogens is 3. The van der Waals surface area contributed by atoms with E-state index in [0.717, 1.165) is 17.5 Å². The van der Waals surface area contributed by atoms with Crippen LogP contribution in [-0.2, 0) is 17.8 Å². The van der Waals surface area contributed by atoms with Crippen LogP contribution in [0.25, 0.3) is 0 Å². The van der Waals surface area contributed by atoms with Crippen LogP contribution in [0.5, 0.6) is 11.5 Å². The number of nitrogens with zero attached hydrogens (tertiary/aromatic N) is 1. The van der Waals surface area contributed by atoms with Gasteiger partial charge in [0.1, 0.15) is 0 Å². The molecule has 30 heavy (non-hydrogen) atoms. The number of hydrogen-bond acceptors (Lipinski definition) is 3. The molecule has 0 saturated carbocycles. The summed E-state index contributed by atoms with van der Waals surface area (Å²) in [6.45, 7) is 3.23. The Morgan fingerprint density at radius 3 is 2.37 bits per heavy atom. The highest BCUT2D eigenvalue weighted by Gasteiger charge is 2.29. The SMILES string of the molecule is CCC(C)N(Cc1ccccc1)C(=O)CCc1ccc(OCC(F)(F)F)c(OC)c1. The first-order chi connectivity index (χ1) is 14.2. The lowest BCUT2D eigenvalue weighted by Crippen LogP contribution is -2.37. The largest absolute Gasteiger partial charge is 0.493 e. The molecule has 0 fully saturated rings. The van der Waals surface area contributed by atoms with Crippen molar-refractivity contribution in [3.63, 3.8) is 0 Å². The molecule has 0 aliphatic carbocycles. The first-order valence-corrected chi connectivity index (χ1v) is 9.93. The second-order valence-electron chi connectivity index (χ2n) is 7.15. The molecule has 0 saturated heterocycles. The van der Waals surface area contributed by atoms with Crippen molar-refractivity contribution in [2.24, 2.45) is 0 Å². The average molecular weight is 423 g/mol. The summed E-state index contributed by atoms with van der Waals surface area (Å²) in [5.41, 5.74) is 1.86. The van der Waals surface area contributed by atoms with E-state index in [0.29, 0.717) is 19.4 Å². The van der Waals surface area contributed by atoms with Gasteiger partial charge in [-0.2, -0.15) is 13.2 Å². The number of aryl methyl sites for hydroxylation is 1. The van der Waals surface area contributed by atoms with E-state index in [9.17, 15) is 18.0 Å². The fraction of sp³-hybridized carbons (Fsp3) is 0.435. The summed E-state index contributed by atoms with van der Waals surface area (Å²) in [4.78, 5) is 14.8. The topological polar surface area (TPSA) is 38.8 Å². The Balaban J connectivity index is 2.03. The van der Waals surface area contributed by atoms with E-state index in [1.54, 1.807) is 12.1 Å². The molecule has 0 radical (unpaired) electrons. The summed E-state index contributed by atoms with van der Waals surface area (Å²) >= 11 is 0. The number of carbonyl (C=O) groups excluding carboxylic acids is 1. The third-order valence-corrected chi connectivity index (χ3v) is 4.89. The van der Waals surface area contributed by atoms with Gasteiger partial charge in [0.05, 0.1) is 7.11 Å². The van der Waals surface area contributed by atoms with Crippen molar-refractivity contribution in [1.82, 2.24) is 4.90 Å². The molecule has 2 rings (SSSR count). The van der Waals surface area contributed by atoms with Crippen molar-refractivity contribution in [3.05, 3.63) is 59.7 Å². The number of ether oxygens (including phenoxy) is 2. The number of hydrogen-bond donors (Lipinski definition) is 0. The highest BCUT2D eigenvalue weighted by Crippen LogP contribution is 2.30. The molecule has 0 bridgehead atoms. The summed E-state index contributed by atoms with van der Waals surface area (Å²) < 4.78 is 47.1. The van der Waals surface area contributed by atoms with E-state index >= 15 is 0 Å². The fourth-order valence-corrected chi connectivity index (χ4v) is 3.03. The summed E-state index contributed by atoms with van der Waals surface area (Å²) in [7, 11) is 1.37. The van der Waals surface area contributed by atoms with Crippen molar-refractivity contribution in [2.75, 3.05) is 13.7 Å². The van der Waals surface area contributed by atoms with E-state index in [2.05, 4.69) is 0 Å². The van der Waals surface area contributed by atoms with Crippen LogP contribution in [-0.4, -0.2) is 36.7 Å². The molecule has 2 aromatic rings. The van der Waals surface area contributed by atoms with Gasteiger partial charge in [-0.05, 0) is 43.0 Å². The third kappa shape index (κ3) is 7.28.